The molecule has 0 saturated carbocycles. The van der Waals surface area contributed by atoms with Crippen LogP contribution >= 0.6 is 0 Å². The maximum atomic E-state index is 15.2. The molecule has 9 nitrogen and oxygen atoms in total. The first kappa shape index (κ1) is 22.3. The Morgan fingerprint density at radius 3 is 2.85 bits per heavy atom. The van der Waals surface area contributed by atoms with Gasteiger partial charge in [-0.15, -0.1) is 10.2 Å². The van der Waals surface area contributed by atoms with Gasteiger partial charge in [0, 0.05) is 13.1 Å². The van der Waals surface area contributed by atoms with Crippen molar-refractivity contribution in [1.82, 2.24) is 34.5 Å². The van der Waals surface area contributed by atoms with Crippen LogP contribution in [0.1, 0.15) is 6.42 Å². The van der Waals surface area contributed by atoms with E-state index in [1.54, 1.807) is 12.1 Å². The highest BCUT2D eigenvalue weighted by Gasteiger charge is 2.29. The van der Waals surface area contributed by atoms with Crippen LogP contribution in [-0.2, 0) is 6.54 Å². The fourth-order valence-corrected chi connectivity index (χ4v) is 4.27. The van der Waals surface area contributed by atoms with Crippen LogP contribution in [0.15, 0.2) is 24.4 Å². The molecule has 1 N–H and O–H groups in total. The third-order valence-electron chi connectivity index (χ3n) is 5.92. The van der Waals surface area contributed by atoms with Crippen LogP contribution in [-0.4, -0.2) is 80.4 Å². The molecule has 1 aliphatic rings. The SMILES string of the molecule is COc1nc(N[C@@H]2CCN(C)C[C@@H]2F)nn2cc(F)c(-c3ccc4nnn(CC(F)F)c4c3)c12. The topological polar surface area (TPSA) is 85.4 Å². The maximum absolute atomic E-state index is 15.2. The van der Waals surface area contributed by atoms with Crippen molar-refractivity contribution in [2.75, 3.05) is 32.6 Å². The summed E-state index contributed by atoms with van der Waals surface area (Å²) in [6, 6.07) is 4.24. The zero-order valence-corrected chi connectivity index (χ0v) is 18.4. The molecule has 0 aliphatic carbocycles. The molecule has 0 radical (unpaired) electrons. The number of likely N-dealkylation sites (tertiary alicyclic amines) is 1. The molecule has 1 saturated heterocycles. The summed E-state index contributed by atoms with van der Waals surface area (Å²) in [7, 11) is 3.24. The molecule has 1 fully saturated rings. The zero-order valence-electron chi connectivity index (χ0n) is 18.4. The van der Waals surface area contributed by atoms with Gasteiger partial charge in [-0.05, 0) is 31.2 Å². The first-order valence-corrected chi connectivity index (χ1v) is 10.7. The molecule has 1 aromatic carbocycles. The van der Waals surface area contributed by atoms with Crippen molar-refractivity contribution in [1.29, 1.82) is 0 Å². The standard InChI is InChI=1S/C21H22F4N8O/c1-31-6-5-14(12(22)8-31)26-21-27-20(34-2)19-18(13(23)9-33(19)29-21)11-3-4-15-16(7-11)32(30-28-15)10-17(24)25/h3-4,7,9,12,14,17H,5-6,8,10H2,1-2H3,(H,26,29)/t12-,14+/m0/s1. The molecule has 180 valence electrons. The van der Waals surface area contributed by atoms with Gasteiger partial charge in [-0.1, -0.05) is 11.3 Å². The average Bonchev–Trinajstić information content (AvgIpc) is 3.34. The van der Waals surface area contributed by atoms with E-state index in [0.29, 0.717) is 29.6 Å². The average molecular weight is 478 g/mol. The minimum atomic E-state index is -2.62. The highest BCUT2D eigenvalue weighted by molar-refractivity contribution is 5.89. The number of fused-ring (bicyclic) bond motifs is 2. The molecule has 4 heterocycles. The second kappa shape index (κ2) is 8.70. The van der Waals surface area contributed by atoms with Crippen molar-refractivity contribution in [3.63, 3.8) is 0 Å². The van der Waals surface area contributed by atoms with Crippen molar-refractivity contribution in [3.8, 4) is 17.0 Å². The van der Waals surface area contributed by atoms with E-state index in [0.717, 1.165) is 11.2 Å². The molecule has 0 spiro atoms. The highest BCUT2D eigenvalue weighted by atomic mass is 19.3. The largest absolute Gasteiger partial charge is 0.479 e. The Hall–Kier alpha value is -3.48. The second-order valence-electron chi connectivity index (χ2n) is 8.27. The van der Waals surface area contributed by atoms with E-state index < -0.39 is 31.0 Å². The Morgan fingerprint density at radius 1 is 1.29 bits per heavy atom. The van der Waals surface area contributed by atoms with Crippen molar-refractivity contribution in [2.45, 2.75) is 31.6 Å². The maximum Gasteiger partial charge on any atom is 0.258 e. The summed E-state index contributed by atoms with van der Waals surface area (Å²) in [6.45, 7) is 0.380. The molecule has 5 rings (SSSR count). The molecule has 1 aliphatic heterocycles. The molecule has 0 unspecified atom stereocenters. The molecule has 0 bridgehead atoms. The lowest BCUT2D eigenvalue weighted by Gasteiger charge is -2.32. The molecule has 3 aromatic heterocycles. The van der Waals surface area contributed by atoms with E-state index >= 15 is 4.39 Å². The number of anilines is 1. The van der Waals surface area contributed by atoms with E-state index in [4.69, 9.17) is 4.74 Å². The fraction of sp³-hybridized carbons (Fsp3) is 0.429. The van der Waals surface area contributed by atoms with Crippen molar-refractivity contribution >= 4 is 22.5 Å². The summed E-state index contributed by atoms with van der Waals surface area (Å²) < 4.78 is 63.2. The monoisotopic (exact) mass is 478 g/mol. The Kier molecular flexibility index (Phi) is 5.71. The van der Waals surface area contributed by atoms with Gasteiger partial charge in [0.05, 0.1) is 30.4 Å². The number of halogens is 4. The van der Waals surface area contributed by atoms with Crippen molar-refractivity contribution in [3.05, 3.63) is 30.2 Å². The number of nitrogens with zero attached hydrogens (tertiary/aromatic N) is 7. The summed E-state index contributed by atoms with van der Waals surface area (Å²) in [5, 5.41) is 14.9. The van der Waals surface area contributed by atoms with Gasteiger partial charge in [-0.2, -0.15) is 4.98 Å². The van der Waals surface area contributed by atoms with E-state index in [1.807, 2.05) is 11.9 Å². The molecule has 4 aromatic rings. The zero-order chi connectivity index (χ0) is 24.0. The van der Waals surface area contributed by atoms with E-state index in [1.165, 1.54) is 23.9 Å². The predicted octanol–water partition coefficient (Wildman–Crippen LogP) is 3.01. The summed E-state index contributed by atoms with van der Waals surface area (Å²) in [5.41, 5.74) is 1.52. The lowest BCUT2D eigenvalue weighted by atomic mass is 10.0. The normalized spacial score (nSPS) is 19.4. The minimum absolute atomic E-state index is 0.0824. The van der Waals surface area contributed by atoms with Gasteiger partial charge in [0.2, 0.25) is 11.8 Å². The minimum Gasteiger partial charge on any atom is -0.479 e. The summed E-state index contributed by atoms with van der Waals surface area (Å²) >= 11 is 0. The Labute approximate surface area is 191 Å². The van der Waals surface area contributed by atoms with Crippen LogP contribution in [0.25, 0.3) is 27.7 Å². The molecule has 0 amide bonds. The Bertz CT molecular complexity index is 1340. The number of benzene rings is 1. The van der Waals surface area contributed by atoms with Gasteiger partial charge in [-0.3, -0.25) is 0 Å². The summed E-state index contributed by atoms with van der Waals surface area (Å²) in [5.74, 6) is -0.420. The number of piperidine rings is 1. The molecule has 34 heavy (non-hydrogen) atoms. The van der Waals surface area contributed by atoms with Gasteiger partial charge < -0.3 is 15.0 Å². The number of ether oxygens (including phenoxy) is 1. The van der Waals surface area contributed by atoms with Gasteiger partial charge in [0.1, 0.15) is 23.7 Å². The predicted molar refractivity (Wildman–Crippen MR) is 116 cm³/mol. The number of nitrogens with one attached hydrogen (secondary N) is 1. The second-order valence-corrected chi connectivity index (χ2v) is 8.27. The third kappa shape index (κ3) is 4.00. The lowest BCUT2D eigenvalue weighted by molar-refractivity contribution is 0.122. The van der Waals surface area contributed by atoms with Crippen LogP contribution in [0.5, 0.6) is 5.88 Å². The number of rotatable bonds is 6. The fourth-order valence-electron chi connectivity index (χ4n) is 4.27. The lowest BCUT2D eigenvalue weighted by Crippen LogP contribution is -2.46. The highest BCUT2D eigenvalue weighted by Crippen LogP contribution is 2.35. The molecule has 2 atom stereocenters. The smallest absolute Gasteiger partial charge is 0.258 e. The third-order valence-corrected chi connectivity index (χ3v) is 5.92. The van der Waals surface area contributed by atoms with Crippen LogP contribution in [0.2, 0.25) is 0 Å². The molecular formula is C21H22F4N8O. The van der Waals surface area contributed by atoms with Gasteiger partial charge in [-0.25, -0.2) is 26.8 Å². The van der Waals surface area contributed by atoms with Crippen molar-refractivity contribution in [2.24, 2.45) is 0 Å². The van der Waals surface area contributed by atoms with Crippen molar-refractivity contribution < 1.29 is 22.3 Å². The van der Waals surface area contributed by atoms with Crippen LogP contribution in [0, 0.1) is 5.82 Å². The Morgan fingerprint density at radius 2 is 2.12 bits per heavy atom. The summed E-state index contributed by atoms with van der Waals surface area (Å²) in [4.78, 5) is 6.24. The van der Waals surface area contributed by atoms with E-state index in [-0.39, 0.29) is 22.9 Å². The first-order valence-electron chi connectivity index (χ1n) is 10.7. The number of methoxy groups -OCH3 is 1. The summed E-state index contributed by atoms with van der Waals surface area (Å²) in [6.07, 6.45) is -2.00. The van der Waals surface area contributed by atoms with Crippen LogP contribution < -0.4 is 10.1 Å². The number of hydrogen-bond acceptors (Lipinski definition) is 7. The van der Waals surface area contributed by atoms with Gasteiger partial charge in [0.25, 0.3) is 6.43 Å². The van der Waals surface area contributed by atoms with Gasteiger partial charge in [0.15, 0.2) is 5.82 Å². The van der Waals surface area contributed by atoms with Gasteiger partial charge >= 0.3 is 0 Å². The van der Waals surface area contributed by atoms with E-state index in [2.05, 4.69) is 25.7 Å². The Balaban J connectivity index is 1.56. The number of alkyl halides is 3. The molecule has 13 heteroatoms. The quantitative estimate of drug-likeness (QED) is 0.427. The van der Waals surface area contributed by atoms with Crippen LogP contribution in [0.3, 0.4) is 0 Å². The van der Waals surface area contributed by atoms with Crippen LogP contribution in [0.4, 0.5) is 23.5 Å². The number of aromatic nitrogens is 6. The van der Waals surface area contributed by atoms with E-state index in [9.17, 15) is 13.2 Å². The molecular weight excluding hydrogens is 456 g/mol. The first-order chi connectivity index (χ1) is 16.3. The number of hydrogen-bond donors (Lipinski definition) is 1.